The van der Waals surface area contributed by atoms with Gasteiger partial charge >= 0.3 is 0 Å². The molecule has 0 saturated heterocycles. The second kappa shape index (κ2) is 9.99. The van der Waals surface area contributed by atoms with Gasteiger partial charge in [0.25, 0.3) is 0 Å². The van der Waals surface area contributed by atoms with E-state index in [4.69, 9.17) is 10.00 Å². The number of hydrogen-bond acceptors (Lipinski definition) is 7. The molecule has 9 nitrogen and oxygen atoms in total. The summed E-state index contributed by atoms with van der Waals surface area (Å²) in [6.07, 6.45) is 7.60. The number of carbonyl (C=O) groups excluding carboxylic acids is 1. The number of benzene rings is 2. The van der Waals surface area contributed by atoms with E-state index < -0.39 is 15.5 Å². The summed E-state index contributed by atoms with van der Waals surface area (Å²) in [5.74, 6) is -0.397. The molecule has 0 fully saturated rings. The third-order valence-electron chi connectivity index (χ3n) is 5.48. The van der Waals surface area contributed by atoms with Crippen molar-refractivity contribution in [2.75, 3.05) is 11.6 Å². The van der Waals surface area contributed by atoms with Crippen molar-refractivity contribution in [3.63, 3.8) is 0 Å². The van der Waals surface area contributed by atoms with Gasteiger partial charge in [-0.2, -0.15) is 10.4 Å². The molecule has 0 aliphatic heterocycles. The Morgan fingerprint density at radius 3 is 2.70 bits per heavy atom. The first kappa shape index (κ1) is 25.8. The van der Waals surface area contributed by atoms with Gasteiger partial charge in [-0.15, -0.1) is 4.36 Å². The molecule has 190 valence electrons. The first-order chi connectivity index (χ1) is 17.5. The zero-order valence-corrected chi connectivity index (χ0v) is 21.5. The summed E-state index contributed by atoms with van der Waals surface area (Å²) in [6, 6.07) is 10.7. The smallest absolute Gasteiger partial charge is 0.228 e. The number of halogens is 1. The molecule has 0 bridgehead atoms. The molecule has 2 aromatic heterocycles. The lowest BCUT2D eigenvalue weighted by atomic mass is 10.1. The molecule has 0 aliphatic rings. The number of nitrogens with zero attached hydrogens (tertiary/aromatic N) is 5. The molecule has 37 heavy (non-hydrogen) atoms. The third-order valence-corrected chi connectivity index (χ3v) is 7.04. The lowest BCUT2D eigenvalue weighted by molar-refractivity contribution is -0.115. The van der Waals surface area contributed by atoms with Crippen LogP contribution >= 0.6 is 0 Å². The van der Waals surface area contributed by atoms with Gasteiger partial charge in [-0.1, -0.05) is 6.07 Å². The molecular weight excluding hydrogens is 495 g/mol. The van der Waals surface area contributed by atoms with Crippen LogP contribution in [-0.2, 0) is 26.5 Å². The molecule has 4 aromatic rings. The van der Waals surface area contributed by atoms with Crippen LogP contribution in [-0.4, -0.2) is 31.1 Å². The molecule has 2 heterocycles. The number of carbonyl (C=O) groups is 1. The minimum atomic E-state index is -2.92. The molecule has 0 spiro atoms. The van der Waals surface area contributed by atoms with Crippen LogP contribution in [0.1, 0.15) is 26.3 Å². The maximum Gasteiger partial charge on any atom is 0.228 e. The quantitative estimate of drug-likeness (QED) is 0.347. The van der Waals surface area contributed by atoms with Gasteiger partial charge in [0.1, 0.15) is 17.3 Å². The van der Waals surface area contributed by atoms with Crippen LogP contribution < -0.4 is 10.1 Å². The van der Waals surface area contributed by atoms with Crippen LogP contribution in [0.4, 0.5) is 10.1 Å². The standard InChI is InChI=1S/C26H25FN6O3S/c1-26(2,3)33-15-18(14-30-33)32-25(34)11-17-5-6-19(12-22(17)27)36-24-9-10-29-23-8-7-20(13-21(23)24)37(4,35)31-16-28/h5-10,12-15H,11H2,1-4H3,(H,32,34). The van der Waals surface area contributed by atoms with Gasteiger partial charge in [-0.05, 0) is 56.7 Å². The number of rotatable bonds is 6. The van der Waals surface area contributed by atoms with E-state index in [1.54, 1.807) is 53.6 Å². The minimum absolute atomic E-state index is 0.165. The average Bonchev–Trinajstić information content (AvgIpc) is 3.30. The maximum absolute atomic E-state index is 14.9. The van der Waals surface area contributed by atoms with Gasteiger partial charge in [-0.3, -0.25) is 14.5 Å². The van der Waals surface area contributed by atoms with Gasteiger partial charge in [0, 0.05) is 35.0 Å². The van der Waals surface area contributed by atoms with Crippen LogP contribution in [0.3, 0.4) is 0 Å². The first-order valence-electron chi connectivity index (χ1n) is 11.3. The third kappa shape index (κ3) is 5.92. The van der Waals surface area contributed by atoms with Gasteiger partial charge in [0.2, 0.25) is 12.1 Å². The van der Waals surface area contributed by atoms with Crippen LogP contribution in [0, 0.1) is 17.3 Å². The fourth-order valence-electron chi connectivity index (χ4n) is 3.55. The fraction of sp³-hybridized carbons (Fsp3) is 0.231. The van der Waals surface area contributed by atoms with E-state index in [-0.39, 0.29) is 29.2 Å². The molecule has 4 rings (SSSR count). The normalized spacial score (nSPS) is 13.0. The summed E-state index contributed by atoms with van der Waals surface area (Å²) in [6.45, 7) is 5.97. The number of amides is 1. The predicted octanol–water partition coefficient (Wildman–Crippen LogP) is 5.24. The highest BCUT2D eigenvalue weighted by Gasteiger charge is 2.16. The van der Waals surface area contributed by atoms with Crippen molar-refractivity contribution in [1.82, 2.24) is 14.8 Å². The Balaban J connectivity index is 1.52. The molecule has 0 radical (unpaired) electrons. The molecule has 1 amide bonds. The van der Waals surface area contributed by atoms with E-state index in [0.29, 0.717) is 27.2 Å². The summed E-state index contributed by atoms with van der Waals surface area (Å²) < 4.78 is 38.7. The number of anilines is 1. The van der Waals surface area contributed by atoms with E-state index in [9.17, 15) is 13.4 Å². The summed E-state index contributed by atoms with van der Waals surface area (Å²) in [5.41, 5.74) is 1.08. The summed E-state index contributed by atoms with van der Waals surface area (Å²) in [5, 5.41) is 16.3. The SMILES string of the molecule is CC(C)(C)n1cc(NC(=O)Cc2ccc(Oc3ccnc4ccc(S(C)(=O)=NC#N)cc34)cc2F)cn1. The number of fused-ring (bicyclic) bond motifs is 1. The van der Waals surface area contributed by atoms with Crippen LogP contribution in [0.2, 0.25) is 0 Å². The molecule has 1 N–H and O–H groups in total. The van der Waals surface area contributed by atoms with E-state index in [1.165, 1.54) is 24.6 Å². The maximum atomic E-state index is 14.9. The minimum Gasteiger partial charge on any atom is -0.456 e. The van der Waals surface area contributed by atoms with Crippen molar-refractivity contribution in [1.29, 1.82) is 5.26 Å². The number of pyridine rings is 1. The number of aromatic nitrogens is 3. The number of nitrogens with one attached hydrogen (secondary N) is 1. The van der Waals surface area contributed by atoms with Crippen LogP contribution in [0.25, 0.3) is 10.9 Å². The Kier molecular flexibility index (Phi) is 6.96. The molecule has 1 unspecified atom stereocenters. The monoisotopic (exact) mass is 520 g/mol. The Morgan fingerprint density at radius 2 is 2.03 bits per heavy atom. The Morgan fingerprint density at radius 1 is 1.24 bits per heavy atom. The Hall–Kier alpha value is -4.30. The first-order valence-corrected chi connectivity index (χ1v) is 13.2. The number of hydrogen-bond donors (Lipinski definition) is 1. The zero-order chi connectivity index (χ0) is 26.8. The highest BCUT2D eigenvalue weighted by molar-refractivity contribution is 7.93. The van der Waals surface area contributed by atoms with Gasteiger partial charge in [0.05, 0.1) is 39.1 Å². The van der Waals surface area contributed by atoms with Gasteiger partial charge < -0.3 is 10.1 Å². The van der Waals surface area contributed by atoms with E-state index in [1.807, 2.05) is 20.8 Å². The molecule has 0 aliphatic carbocycles. The molecule has 0 saturated carbocycles. The largest absolute Gasteiger partial charge is 0.456 e. The summed E-state index contributed by atoms with van der Waals surface area (Å²) in [4.78, 5) is 17.1. The summed E-state index contributed by atoms with van der Waals surface area (Å²) >= 11 is 0. The van der Waals surface area contributed by atoms with Crippen LogP contribution in [0.5, 0.6) is 11.5 Å². The fourth-order valence-corrected chi connectivity index (χ4v) is 4.47. The zero-order valence-electron chi connectivity index (χ0n) is 20.7. The second-order valence-electron chi connectivity index (χ2n) is 9.41. The summed E-state index contributed by atoms with van der Waals surface area (Å²) in [7, 11) is -2.92. The number of ether oxygens (including phenoxy) is 1. The predicted molar refractivity (Wildman–Crippen MR) is 138 cm³/mol. The average molecular weight is 521 g/mol. The topological polar surface area (TPSA) is 122 Å². The van der Waals surface area contributed by atoms with Crippen LogP contribution in [0.15, 0.2) is 70.3 Å². The second-order valence-corrected chi connectivity index (χ2v) is 11.7. The van der Waals surface area contributed by atoms with Crippen molar-refractivity contribution in [2.24, 2.45) is 4.36 Å². The van der Waals surface area contributed by atoms with Crippen molar-refractivity contribution in [3.05, 3.63) is 72.4 Å². The molecule has 11 heteroatoms. The van der Waals surface area contributed by atoms with Gasteiger partial charge in [0.15, 0.2) is 0 Å². The molecule has 1 atom stereocenters. The highest BCUT2D eigenvalue weighted by Crippen LogP contribution is 2.31. The van der Waals surface area contributed by atoms with Crippen molar-refractivity contribution < 1.29 is 18.1 Å². The van der Waals surface area contributed by atoms with Gasteiger partial charge in [-0.25, -0.2) is 8.60 Å². The van der Waals surface area contributed by atoms with Crippen molar-refractivity contribution >= 4 is 32.2 Å². The lowest BCUT2D eigenvalue weighted by Gasteiger charge is -2.18. The van der Waals surface area contributed by atoms with E-state index in [0.717, 1.165) is 0 Å². The Labute approximate surface area is 214 Å². The van der Waals surface area contributed by atoms with E-state index in [2.05, 4.69) is 19.8 Å². The Bertz CT molecular complexity index is 1660. The highest BCUT2D eigenvalue weighted by atomic mass is 32.2. The molecular formula is C26H25FN6O3S. The molecule has 2 aromatic carbocycles. The number of nitriles is 1. The van der Waals surface area contributed by atoms with Crippen molar-refractivity contribution in [3.8, 4) is 17.7 Å². The van der Waals surface area contributed by atoms with Crippen molar-refractivity contribution in [2.45, 2.75) is 37.6 Å². The lowest BCUT2D eigenvalue weighted by Crippen LogP contribution is -2.22. The van der Waals surface area contributed by atoms with E-state index >= 15 is 0 Å².